The molecule has 1 saturated heterocycles. The first-order valence-corrected chi connectivity index (χ1v) is 6.90. The van der Waals surface area contributed by atoms with Crippen molar-refractivity contribution in [2.24, 2.45) is 5.73 Å². The van der Waals surface area contributed by atoms with Gasteiger partial charge in [-0.1, -0.05) is 24.3 Å². The Morgan fingerprint density at radius 1 is 1.28 bits per heavy atom. The zero-order valence-electron chi connectivity index (χ0n) is 11.0. The molecule has 1 aromatic rings. The third kappa shape index (κ3) is 2.07. The zero-order chi connectivity index (χ0) is 12.5. The molecule has 1 aromatic carbocycles. The summed E-state index contributed by atoms with van der Waals surface area (Å²) in [6, 6.07) is 9.26. The average molecular weight is 246 g/mol. The number of methoxy groups -OCH3 is 1. The summed E-state index contributed by atoms with van der Waals surface area (Å²) in [5.74, 6) is 0. The fourth-order valence-corrected chi connectivity index (χ4v) is 3.43. The molecule has 3 heteroatoms. The summed E-state index contributed by atoms with van der Waals surface area (Å²) >= 11 is 0. The molecule has 0 spiro atoms. The highest BCUT2D eigenvalue weighted by Gasteiger charge is 2.34. The number of fused-ring (bicyclic) bond motifs is 1. The molecule has 1 fully saturated rings. The molecule has 2 N–H and O–H groups in total. The summed E-state index contributed by atoms with van der Waals surface area (Å²) in [4.78, 5) is 2.52. The molecule has 3 nitrogen and oxygen atoms in total. The molecule has 1 aliphatic heterocycles. The molecule has 1 aliphatic carbocycles. The molecule has 2 aliphatic rings. The minimum absolute atomic E-state index is 0.158. The maximum absolute atomic E-state index is 6.47. The number of hydrogen-bond donors (Lipinski definition) is 1. The smallest absolute Gasteiger partial charge is 0.0710 e. The van der Waals surface area contributed by atoms with E-state index in [2.05, 4.69) is 29.2 Å². The van der Waals surface area contributed by atoms with Gasteiger partial charge in [0.1, 0.15) is 0 Å². The Kier molecular flexibility index (Phi) is 3.37. The van der Waals surface area contributed by atoms with Crippen LogP contribution in [0.25, 0.3) is 0 Å². The lowest BCUT2D eigenvalue weighted by atomic mass is 9.84. The molecule has 3 atom stereocenters. The van der Waals surface area contributed by atoms with Crippen LogP contribution in [-0.2, 0) is 11.2 Å². The first-order valence-electron chi connectivity index (χ1n) is 6.90. The summed E-state index contributed by atoms with van der Waals surface area (Å²) in [6.07, 6.45) is 3.87. The maximum atomic E-state index is 6.47. The van der Waals surface area contributed by atoms with Crippen molar-refractivity contribution < 1.29 is 4.74 Å². The Labute approximate surface area is 109 Å². The van der Waals surface area contributed by atoms with Crippen LogP contribution < -0.4 is 5.73 Å². The Balaban J connectivity index is 1.77. The molecule has 0 saturated carbocycles. The fraction of sp³-hybridized carbons (Fsp3) is 0.600. The predicted octanol–water partition coefficient (Wildman–Crippen LogP) is 1.72. The summed E-state index contributed by atoms with van der Waals surface area (Å²) in [5.41, 5.74) is 9.25. The second kappa shape index (κ2) is 5.00. The van der Waals surface area contributed by atoms with E-state index in [1.807, 2.05) is 7.11 Å². The van der Waals surface area contributed by atoms with Gasteiger partial charge in [0.25, 0.3) is 0 Å². The second-order valence-electron chi connectivity index (χ2n) is 5.47. The van der Waals surface area contributed by atoms with Gasteiger partial charge in [-0.3, -0.25) is 4.90 Å². The van der Waals surface area contributed by atoms with E-state index in [9.17, 15) is 0 Å². The first-order chi connectivity index (χ1) is 8.79. The van der Waals surface area contributed by atoms with E-state index >= 15 is 0 Å². The SMILES string of the molecule is COC1CCN(C2CCc3ccccc3C2N)C1. The average Bonchev–Trinajstić information content (AvgIpc) is 2.88. The number of ether oxygens (including phenoxy) is 1. The Hall–Kier alpha value is -0.900. The van der Waals surface area contributed by atoms with Gasteiger partial charge < -0.3 is 10.5 Å². The highest BCUT2D eigenvalue weighted by atomic mass is 16.5. The lowest BCUT2D eigenvalue weighted by Gasteiger charge is -2.37. The lowest BCUT2D eigenvalue weighted by Crippen LogP contribution is -2.44. The summed E-state index contributed by atoms with van der Waals surface area (Å²) < 4.78 is 5.45. The topological polar surface area (TPSA) is 38.5 Å². The standard InChI is InChI=1S/C15H22N2O/c1-18-12-8-9-17(10-12)14-7-6-11-4-2-3-5-13(11)15(14)16/h2-5,12,14-15H,6-10,16H2,1H3. The van der Waals surface area contributed by atoms with Crippen molar-refractivity contribution in [1.82, 2.24) is 4.90 Å². The minimum Gasteiger partial charge on any atom is -0.380 e. The van der Waals surface area contributed by atoms with Crippen molar-refractivity contribution in [3.05, 3.63) is 35.4 Å². The van der Waals surface area contributed by atoms with Crippen molar-refractivity contribution in [3.63, 3.8) is 0 Å². The summed E-state index contributed by atoms with van der Waals surface area (Å²) in [5, 5.41) is 0. The van der Waals surface area contributed by atoms with Crippen molar-refractivity contribution in [2.75, 3.05) is 20.2 Å². The van der Waals surface area contributed by atoms with Crippen LogP contribution in [0.4, 0.5) is 0 Å². The van der Waals surface area contributed by atoms with Gasteiger partial charge in [-0.05, 0) is 30.4 Å². The van der Waals surface area contributed by atoms with Gasteiger partial charge in [0.2, 0.25) is 0 Å². The van der Waals surface area contributed by atoms with E-state index in [4.69, 9.17) is 10.5 Å². The van der Waals surface area contributed by atoms with Crippen LogP contribution in [0.2, 0.25) is 0 Å². The number of rotatable bonds is 2. The number of benzene rings is 1. The molecular formula is C15H22N2O. The molecule has 3 rings (SSSR count). The van der Waals surface area contributed by atoms with Gasteiger partial charge >= 0.3 is 0 Å². The van der Waals surface area contributed by atoms with E-state index in [0.717, 1.165) is 25.9 Å². The minimum atomic E-state index is 0.158. The first kappa shape index (κ1) is 12.2. The van der Waals surface area contributed by atoms with E-state index in [1.165, 1.54) is 17.5 Å². The van der Waals surface area contributed by atoms with Crippen LogP contribution >= 0.6 is 0 Å². The van der Waals surface area contributed by atoms with Gasteiger partial charge in [-0.2, -0.15) is 0 Å². The molecule has 0 aromatic heterocycles. The maximum Gasteiger partial charge on any atom is 0.0710 e. The van der Waals surface area contributed by atoms with Crippen LogP contribution in [-0.4, -0.2) is 37.2 Å². The van der Waals surface area contributed by atoms with Crippen LogP contribution in [0.5, 0.6) is 0 Å². The number of aryl methyl sites for hydroxylation is 1. The number of likely N-dealkylation sites (tertiary alicyclic amines) is 1. The Morgan fingerprint density at radius 2 is 2.11 bits per heavy atom. The van der Waals surface area contributed by atoms with Crippen LogP contribution in [0.1, 0.15) is 30.0 Å². The molecule has 18 heavy (non-hydrogen) atoms. The van der Waals surface area contributed by atoms with E-state index in [-0.39, 0.29) is 6.04 Å². The molecule has 0 radical (unpaired) electrons. The monoisotopic (exact) mass is 246 g/mol. The van der Waals surface area contributed by atoms with E-state index < -0.39 is 0 Å². The molecule has 98 valence electrons. The highest BCUT2D eigenvalue weighted by Crippen LogP contribution is 2.33. The van der Waals surface area contributed by atoms with Crippen molar-refractivity contribution in [3.8, 4) is 0 Å². The Bertz CT molecular complexity index is 421. The van der Waals surface area contributed by atoms with Crippen molar-refractivity contribution >= 4 is 0 Å². The zero-order valence-corrected chi connectivity index (χ0v) is 11.0. The van der Waals surface area contributed by atoms with E-state index in [0.29, 0.717) is 12.1 Å². The third-order valence-corrected chi connectivity index (χ3v) is 4.52. The van der Waals surface area contributed by atoms with Crippen LogP contribution in [0.15, 0.2) is 24.3 Å². The second-order valence-corrected chi connectivity index (χ2v) is 5.47. The van der Waals surface area contributed by atoms with Gasteiger partial charge in [-0.15, -0.1) is 0 Å². The third-order valence-electron chi connectivity index (χ3n) is 4.52. The van der Waals surface area contributed by atoms with Crippen molar-refractivity contribution in [2.45, 2.75) is 37.5 Å². The van der Waals surface area contributed by atoms with E-state index in [1.54, 1.807) is 0 Å². The van der Waals surface area contributed by atoms with Crippen LogP contribution in [0.3, 0.4) is 0 Å². The summed E-state index contributed by atoms with van der Waals surface area (Å²) in [6.45, 7) is 2.16. The van der Waals surface area contributed by atoms with Gasteiger partial charge in [0.15, 0.2) is 0 Å². The molecule has 0 bridgehead atoms. The Morgan fingerprint density at radius 3 is 2.89 bits per heavy atom. The number of hydrogen-bond acceptors (Lipinski definition) is 3. The van der Waals surface area contributed by atoms with Gasteiger partial charge in [-0.25, -0.2) is 0 Å². The largest absolute Gasteiger partial charge is 0.380 e. The number of nitrogens with two attached hydrogens (primary N) is 1. The van der Waals surface area contributed by atoms with Gasteiger partial charge in [0.05, 0.1) is 6.10 Å². The fourth-order valence-electron chi connectivity index (χ4n) is 3.43. The normalized spacial score (nSPS) is 32.4. The lowest BCUT2D eigenvalue weighted by molar-refractivity contribution is 0.0949. The number of nitrogens with zero attached hydrogens (tertiary/aromatic N) is 1. The molecule has 0 amide bonds. The van der Waals surface area contributed by atoms with Crippen molar-refractivity contribution in [1.29, 1.82) is 0 Å². The molecular weight excluding hydrogens is 224 g/mol. The predicted molar refractivity (Wildman–Crippen MR) is 72.5 cm³/mol. The summed E-state index contributed by atoms with van der Waals surface area (Å²) in [7, 11) is 1.81. The molecule has 1 heterocycles. The molecule has 3 unspecified atom stereocenters. The van der Waals surface area contributed by atoms with Gasteiger partial charge in [0, 0.05) is 32.3 Å². The highest BCUT2D eigenvalue weighted by molar-refractivity contribution is 5.33. The quantitative estimate of drug-likeness (QED) is 0.863. The van der Waals surface area contributed by atoms with Crippen LogP contribution in [0, 0.1) is 0 Å².